The van der Waals surface area contributed by atoms with Crippen LogP contribution in [-0.4, -0.2) is 13.1 Å². The van der Waals surface area contributed by atoms with Crippen molar-refractivity contribution in [3.8, 4) is 0 Å². The second kappa shape index (κ2) is 6.93. The summed E-state index contributed by atoms with van der Waals surface area (Å²) in [5, 5.41) is 5.69. The molecule has 20 heavy (non-hydrogen) atoms. The van der Waals surface area contributed by atoms with E-state index in [-0.39, 0.29) is 5.97 Å². The first-order valence-electron chi connectivity index (χ1n) is 5.54. The maximum atomic E-state index is 11.9. The van der Waals surface area contributed by atoms with E-state index >= 15 is 0 Å². The average molecular weight is 440 g/mol. The summed E-state index contributed by atoms with van der Waals surface area (Å²) in [7, 11) is 1.37. The molecule has 106 valence electrons. The van der Waals surface area contributed by atoms with Gasteiger partial charge in [0.15, 0.2) is 6.04 Å². The monoisotopic (exact) mass is 437 g/mol. The third kappa shape index (κ3) is 3.75. The van der Waals surface area contributed by atoms with Gasteiger partial charge in [-0.2, -0.15) is 0 Å². The number of esters is 1. The molecule has 1 atom stereocenters. The Morgan fingerprint density at radius 2 is 2.15 bits per heavy atom. The second-order valence-corrected chi connectivity index (χ2v) is 7.02. The van der Waals surface area contributed by atoms with Gasteiger partial charge < -0.3 is 10.1 Å². The number of hydrogen-bond acceptors (Lipinski definition) is 4. The minimum Gasteiger partial charge on any atom is -0.467 e. The second-order valence-electron chi connectivity index (χ2n) is 3.90. The van der Waals surface area contributed by atoms with Crippen LogP contribution in [0.15, 0.2) is 38.6 Å². The van der Waals surface area contributed by atoms with Crippen molar-refractivity contribution >= 4 is 66.5 Å². The van der Waals surface area contributed by atoms with E-state index in [1.807, 2.05) is 23.6 Å². The van der Waals surface area contributed by atoms with Gasteiger partial charge in [-0.1, -0.05) is 11.6 Å². The first-order chi connectivity index (χ1) is 9.51. The number of halogens is 3. The summed E-state index contributed by atoms with van der Waals surface area (Å²) in [6, 6.07) is 6.73. The fourth-order valence-corrected chi connectivity index (χ4v) is 3.57. The summed E-state index contributed by atoms with van der Waals surface area (Å²) in [6.45, 7) is 0. The molecule has 2 rings (SSSR count). The van der Waals surface area contributed by atoms with Crippen LogP contribution in [0.1, 0.15) is 10.9 Å². The van der Waals surface area contributed by atoms with Gasteiger partial charge in [0.05, 0.1) is 12.1 Å². The number of ether oxygens (including phenoxy) is 1. The van der Waals surface area contributed by atoms with Crippen LogP contribution in [0, 0.1) is 0 Å². The summed E-state index contributed by atoms with van der Waals surface area (Å²) < 4.78 is 6.55. The highest BCUT2D eigenvalue weighted by Gasteiger charge is 2.23. The molecule has 1 aromatic heterocycles. The van der Waals surface area contributed by atoms with Crippen LogP contribution < -0.4 is 5.32 Å². The first-order valence-corrected chi connectivity index (χ1v) is 8.39. The SMILES string of the molecule is COC(=O)C(Nc1ccc(Cl)c(Br)c1)c1cc(Br)cs1. The van der Waals surface area contributed by atoms with Crippen molar-refractivity contribution in [1.82, 2.24) is 0 Å². The van der Waals surface area contributed by atoms with Crippen LogP contribution in [0.4, 0.5) is 5.69 Å². The fourth-order valence-electron chi connectivity index (χ4n) is 1.60. The quantitative estimate of drug-likeness (QED) is 0.661. The molecule has 3 nitrogen and oxygen atoms in total. The lowest BCUT2D eigenvalue weighted by Crippen LogP contribution is -2.21. The molecule has 0 spiro atoms. The summed E-state index contributed by atoms with van der Waals surface area (Å²) in [5.41, 5.74) is 0.779. The highest BCUT2D eigenvalue weighted by molar-refractivity contribution is 9.10. The number of carbonyl (C=O) groups is 1. The Hall–Kier alpha value is -0.560. The number of anilines is 1. The van der Waals surface area contributed by atoms with Crippen molar-refractivity contribution in [2.24, 2.45) is 0 Å². The Kier molecular flexibility index (Phi) is 5.49. The van der Waals surface area contributed by atoms with Gasteiger partial charge >= 0.3 is 5.97 Å². The van der Waals surface area contributed by atoms with Gasteiger partial charge in [0.1, 0.15) is 0 Å². The van der Waals surface area contributed by atoms with Gasteiger partial charge in [-0.05, 0) is 56.1 Å². The predicted octanol–water partition coefficient (Wildman–Crippen LogP) is 5.25. The van der Waals surface area contributed by atoms with Crippen LogP contribution in [0.2, 0.25) is 5.02 Å². The molecule has 0 bridgehead atoms. The van der Waals surface area contributed by atoms with Crippen molar-refractivity contribution in [2.75, 3.05) is 12.4 Å². The standard InChI is InChI=1S/C13H10Br2ClNO2S/c1-19-13(18)12(11-4-7(14)6-20-11)17-8-2-3-10(16)9(15)5-8/h2-6,12,17H,1H3. The van der Waals surface area contributed by atoms with Crippen molar-refractivity contribution in [3.63, 3.8) is 0 Å². The Bertz CT molecular complexity index is 633. The molecule has 1 heterocycles. The molecule has 0 saturated heterocycles. The predicted molar refractivity (Wildman–Crippen MR) is 89.6 cm³/mol. The number of methoxy groups -OCH3 is 1. The van der Waals surface area contributed by atoms with Gasteiger partial charge in [-0.15, -0.1) is 11.3 Å². The lowest BCUT2D eigenvalue weighted by molar-refractivity contribution is -0.141. The lowest BCUT2D eigenvalue weighted by atomic mass is 10.2. The normalized spacial score (nSPS) is 12.0. The molecule has 7 heteroatoms. The first kappa shape index (κ1) is 15.8. The average Bonchev–Trinajstić information content (AvgIpc) is 2.85. The topological polar surface area (TPSA) is 38.3 Å². The van der Waals surface area contributed by atoms with E-state index in [0.29, 0.717) is 5.02 Å². The minimum absolute atomic E-state index is 0.342. The Balaban J connectivity index is 2.28. The third-order valence-corrected chi connectivity index (χ3v) is 5.51. The maximum Gasteiger partial charge on any atom is 0.333 e. The van der Waals surface area contributed by atoms with Crippen LogP contribution in [0.5, 0.6) is 0 Å². The summed E-state index contributed by atoms with van der Waals surface area (Å²) in [4.78, 5) is 12.8. The van der Waals surface area contributed by atoms with E-state index in [2.05, 4.69) is 37.2 Å². The highest BCUT2D eigenvalue weighted by Crippen LogP contribution is 2.31. The maximum absolute atomic E-state index is 11.9. The Morgan fingerprint density at radius 1 is 1.40 bits per heavy atom. The smallest absolute Gasteiger partial charge is 0.333 e. The third-order valence-electron chi connectivity index (χ3n) is 2.54. The Labute approximate surface area is 142 Å². The zero-order chi connectivity index (χ0) is 14.7. The van der Waals surface area contributed by atoms with E-state index in [1.165, 1.54) is 18.4 Å². The van der Waals surface area contributed by atoms with Crippen molar-refractivity contribution in [1.29, 1.82) is 0 Å². The number of rotatable bonds is 4. The number of carbonyl (C=O) groups excluding carboxylic acids is 1. The van der Waals surface area contributed by atoms with E-state index in [9.17, 15) is 4.79 Å². The molecule has 0 fully saturated rings. The molecule has 2 aromatic rings. The van der Waals surface area contributed by atoms with Crippen LogP contribution >= 0.6 is 54.8 Å². The van der Waals surface area contributed by atoms with Gasteiger partial charge in [0.2, 0.25) is 0 Å². The molecule has 0 aliphatic carbocycles. The van der Waals surface area contributed by atoms with Gasteiger partial charge in [0, 0.05) is 24.9 Å². The van der Waals surface area contributed by atoms with Crippen LogP contribution in [0.3, 0.4) is 0 Å². The fraction of sp³-hybridized carbons (Fsp3) is 0.154. The summed E-state index contributed by atoms with van der Waals surface area (Å²) in [5.74, 6) is -0.342. The number of hydrogen-bond donors (Lipinski definition) is 1. The molecule has 0 radical (unpaired) electrons. The molecular weight excluding hydrogens is 429 g/mol. The van der Waals surface area contributed by atoms with Crippen molar-refractivity contribution in [3.05, 3.63) is 48.5 Å². The molecule has 0 amide bonds. The van der Waals surface area contributed by atoms with E-state index in [0.717, 1.165) is 19.5 Å². The molecule has 1 unspecified atom stereocenters. The molecule has 0 aliphatic rings. The molecular formula is C13H10Br2ClNO2S. The number of nitrogens with one attached hydrogen (secondary N) is 1. The molecule has 0 aliphatic heterocycles. The zero-order valence-corrected chi connectivity index (χ0v) is 15.1. The number of benzene rings is 1. The molecule has 1 N–H and O–H groups in total. The van der Waals surface area contributed by atoms with E-state index < -0.39 is 6.04 Å². The lowest BCUT2D eigenvalue weighted by Gasteiger charge is -2.16. The summed E-state index contributed by atoms with van der Waals surface area (Å²) >= 11 is 14.2. The van der Waals surface area contributed by atoms with Crippen molar-refractivity contribution < 1.29 is 9.53 Å². The van der Waals surface area contributed by atoms with Crippen LogP contribution in [0.25, 0.3) is 0 Å². The Morgan fingerprint density at radius 3 is 2.70 bits per heavy atom. The van der Waals surface area contributed by atoms with E-state index in [4.69, 9.17) is 16.3 Å². The molecule has 0 saturated carbocycles. The van der Waals surface area contributed by atoms with Gasteiger partial charge in [-0.3, -0.25) is 0 Å². The van der Waals surface area contributed by atoms with Crippen LogP contribution in [-0.2, 0) is 9.53 Å². The minimum atomic E-state index is -0.552. The van der Waals surface area contributed by atoms with E-state index in [1.54, 1.807) is 6.07 Å². The molecule has 1 aromatic carbocycles. The van der Waals surface area contributed by atoms with Gasteiger partial charge in [-0.25, -0.2) is 4.79 Å². The largest absolute Gasteiger partial charge is 0.467 e. The summed E-state index contributed by atoms with van der Waals surface area (Å²) in [6.07, 6.45) is 0. The highest BCUT2D eigenvalue weighted by atomic mass is 79.9. The zero-order valence-electron chi connectivity index (χ0n) is 10.3. The number of thiophene rings is 1. The van der Waals surface area contributed by atoms with Gasteiger partial charge in [0.25, 0.3) is 0 Å². The van der Waals surface area contributed by atoms with Crippen molar-refractivity contribution in [2.45, 2.75) is 6.04 Å².